The van der Waals surface area contributed by atoms with Gasteiger partial charge in [-0.25, -0.2) is 13.8 Å². The molecule has 0 saturated heterocycles. The normalized spacial score (nSPS) is 10.8. The van der Waals surface area contributed by atoms with Crippen molar-refractivity contribution >= 4 is 24.0 Å². The lowest BCUT2D eigenvalue weighted by Gasteiger charge is -2.03. The van der Waals surface area contributed by atoms with Crippen molar-refractivity contribution in [2.24, 2.45) is 0 Å². The minimum atomic E-state index is -0.293. The molecule has 0 saturated carbocycles. The molecule has 2 aromatic carbocycles. The van der Waals surface area contributed by atoms with Crippen LogP contribution in [0, 0.1) is 11.6 Å². The summed E-state index contributed by atoms with van der Waals surface area (Å²) < 4.78 is 26.6. The van der Waals surface area contributed by atoms with E-state index in [9.17, 15) is 8.78 Å². The van der Waals surface area contributed by atoms with E-state index in [0.717, 1.165) is 21.7 Å². The van der Waals surface area contributed by atoms with Crippen molar-refractivity contribution in [3.8, 4) is 21.7 Å². The molecule has 0 N–H and O–H groups in total. The Morgan fingerprint density at radius 3 is 1.85 bits per heavy atom. The molecular weight excluding hydrogens is 296 g/mol. The summed E-state index contributed by atoms with van der Waals surface area (Å²) in [4.78, 5) is 5.27. The van der Waals surface area contributed by atoms with Crippen LogP contribution in [-0.2, 0) is 0 Å². The molecule has 3 aromatic rings. The third-order valence-electron chi connectivity index (χ3n) is 2.84. The minimum Gasteiger partial charge on any atom is -0.229 e. The van der Waals surface area contributed by atoms with Crippen LogP contribution in [0.25, 0.3) is 21.7 Å². The number of nitrogens with zero attached hydrogens (tertiary/aromatic N) is 1. The standard InChI is InChI=1S/C15H9F2NS2/c16-11-5-1-9(2-6-11)13-14(20-15(19)18-13)10-3-7-12(17)8-4-10/h1-8H,(H,18,19). The molecule has 0 bridgehead atoms. The van der Waals surface area contributed by atoms with Gasteiger partial charge in [-0.05, 0) is 42.0 Å². The molecule has 0 spiro atoms. The smallest absolute Gasteiger partial charge is 0.148 e. The highest BCUT2D eigenvalue weighted by molar-refractivity contribution is 7.82. The van der Waals surface area contributed by atoms with E-state index in [1.54, 1.807) is 24.3 Å². The van der Waals surface area contributed by atoms with E-state index in [2.05, 4.69) is 17.6 Å². The Balaban J connectivity index is 2.12. The Bertz CT molecular complexity index is 671. The lowest BCUT2D eigenvalue weighted by atomic mass is 10.1. The molecule has 0 atom stereocenters. The van der Waals surface area contributed by atoms with Gasteiger partial charge in [0.2, 0.25) is 0 Å². The van der Waals surface area contributed by atoms with Gasteiger partial charge in [0.05, 0.1) is 10.6 Å². The summed E-state index contributed by atoms with van der Waals surface area (Å²) >= 11 is 5.68. The lowest BCUT2D eigenvalue weighted by Crippen LogP contribution is -1.83. The second kappa shape index (κ2) is 5.34. The third-order valence-corrected chi connectivity index (χ3v) is 4.12. The van der Waals surface area contributed by atoms with Crippen LogP contribution >= 0.6 is 24.0 Å². The van der Waals surface area contributed by atoms with Crippen LogP contribution in [0.4, 0.5) is 8.78 Å². The Kier molecular flexibility index (Phi) is 3.54. The Morgan fingerprint density at radius 2 is 1.30 bits per heavy atom. The quantitative estimate of drug-likeness (QED) is 0.654. The van der Waals surface area contributed by atoms with Gasteiger partial charge in [0, 0.05) is 5.56 Å². The maximum Gasteiger partial charge on any atom is 0.148 e. The van der Waals surface area contributed by atoms with E-state index >= 15 is 0 Å². The first-order valence-corrected chi connectivity index (χ1v) is 7.11. The van der Waals surface area contributed by atoms with Gasteiger partial charge in [0.15, 0.2) is 0 Å². The van der Waals surface area contributed by atoms with Crippen LogP contribution in [0.15, 0.2) is 52.9 Å². The largest absolute Gasteiger partial charge is 0.229 e. The maximum absolute atomic E-state index is 13.0. The van der Waals surface area contributed by atoms with Crippen molar-refractivity contribution in [3.63, 3.8) is 0 Å². The van der Waals surface area contributed by atoms with Crippen molar-refractivity contribution in [1.82, 2.24) is 4.98 Å². The summed E-state index contributed by atoms with van der Waals surface area (Å²) in [5, 5.41) is 0. The van der Waals surface area contributed by atoms with Gasteiger partial charge in [-0.2, -0.15) is 0 Å². The summed E-state index contributed by atoms with van der Waals surface area (Å²) in [7, 11) is 0. The first-order valence-electron chi connectivity index (χ1n) is 5.85. The van der Waals surface area contributed by atoms with Gasteiger partial charge < -0.3 is 0 Å². The molecule has 1 nitrogen and oxygen atoms in total. The molecule has 3 rings (SSSR count). The van der Waals surface area contributed by atoms with Gasteiger partial charge >= 0.3 is 0 Å². The van der Waals surface area contributed by atoms with Crippen LogP contribution < -0.4 is 0 Å². The predicted molar refractivity (Wildman–Crippen MR) is 80.2 cm³/mol. The van der Waals surface area contributed by atoms with Crippen molar-refractivity contribution in [1.29, 1.82) is 0 Å². The molecule has 0 aliphatic rings. The highest BCUT2D eigenvalue weighted by Gasteiger charge is 2.13. The second-order valence-corrected chi connectivity index (χ2v) is 5.91. The average molecular weight is 305 g/mol. The van der Waals surface area contributed by atoms with Crippen molar-refractivity contribution in [3.05, 3.63) is 60.2 Å². The van der Waals surface area contributed by atoms with E-state index in [-0.39, 0.29) is 11.6 Å². The SMILES string of the molecule is Fc1ccc(-c2nc(S)sc2-c2ccc(F)cc2)cc1. The zero-order valence-corrected chi connectivity index (χ0v) is 11.9. The first-order chi connectivity index (χ1) is 9.63. The number of thiol groups is 1. The highest BCUT2D eigenvalue weighted by Crippen LogP contribution is 2.38. The van der Waals surface area contributed by atoms with Crippen molar-refractivity contribution in [2.45, 2.75) is 4.34 Å². The third kappa shape index (κ3) is 2.59. The van der Waals surface area contributed by atoms with E-state index in [4.69, 9.17) is 0 Å². The van der Waals surface area contributed by atoms with Gasteiger partial charge in [-0.15, -0.1) is 24.0 Å². The van der Waals surface area contributed by atoms with Gasteiger partial charge in [0.1, 0.15) is 16.0 Å². The highest BCUT2D eigenvalue weighted by atomic mass is 32.2. The van der Waals surface area contributed by atoms with E-state index in [1.165, 1.54) is 35.6 Å². The van der Waals surface area contributed by atoms with Crippen LogP contribution in [0.1, 0.15) is 0 Å². The fourth-order valence-corrected chi connectivity index (χ4v) is 3.12. The van der Waals surface area contributed by atoms with Crippen LogP contribution in [-0.4, -0.2) is 4.98 Å². The summed E-state index contributed by atoms with van der Waals surface area (Å²) in [6, 6.07) is 12.3. The average Bonchev–Trinajstić information content (AvgIpc) is 2.82. The molecule has 0 fully saturated rings. The Hall–Kier alpha value is -1.72. The second-order valence-electron chi connectivity index (χ2n) is 4.19. The number of hydrogen-bond acceptors (Lipinski definition) is 3. The van der Waals surface area contributed by atoms with Gasteiger partial charge in [-0.3, -0.25) is 0 Å². The maximum atomic E-state index is 13.0. The number of thiazole rings is 1. The fraction of sp³-hybridized carbons (Fsp3) is 0. The molecule has 0 aliphatic carbocycles. The summed E-state index contributed by atoms with van der Waals surface area (Å²) in [6.07, 6.45) is 0. The Morgan fingerprint density at radius 1 is 0.800 bits per heavy atom. The number of halogens is 2. The monoisotopic (exact) mass is 305 g/mol. The zero-order chi connectivity index (χ0) is 14.1. The molecule has 5 heteroatoms. The number of aromatic nitrogens is 1. The molecule has 0 aliphatic heterocycles. The predicted octanol–water partition coefficient (Wildman–Crippen LogP) is 5.04. The van der Waals surface area contributed by atoms with E-state index in [0.29, 0.717) is 4.34 Å². The zero-order valence-electron chi connectivity index (χ0n) is 10.2. The van der Waals surface area contributed by atoms with Crippen molar-refractivity contribution < 1.29 is 8.78 Å². The summed E-state index contributed by atoms with van der Waals surface area (Å²) in [6.45, 7) is 0. The summed E-state index contributed by atoms with van der Waals surface area (Å²) in [5.74, 6) is -0.578. The topological polar surface area (TPSA) is 12.9 Å². The van der Waals surface area contributed by atoms with E-state index < -0.39 is 0 Å². The van der Waals surface area contributed by atoms with Gasteiger partial charge in [0.25, 0.3) is 0 Å². The molecule has 0 amide bonds. The molecule has 1 heterocycles. The molecule has 100 valence electrons. The molecule has 20 heavy (non-hydrogen) atoms. The molecule has 0 unspecified atom stereocenters. The number of rotatable bonds is 2. The lowest BCUT2D eigenvalue weighted by molar-refractivity contribution is 0.627. The summed E-state index contributed by atoms with van der Waals surface area (Å²) in [5.41, 5.74) is 2.40. The van der Waals surface area contributed by atoms with Gasteiger partial charge in [-0.1, -0.05) is 12.1 Å². The molecule has 0 radical (unpaired) electrons. The Labute approximate surface area is 124 Å². The number of benzene rings is 2. The fourth-order valence-electron chi connectivity index (χ4n) is 1.91. The minimum absolute atomic E-state index is 0.285. The van der Waals surface area contributed by atoms with E-state index in [1.807, 2.05) is 0 Å². The molecule has 1 aromatic heterocycles. The van der Waals surface area contributed by atoms with Crippen LogP contribution in [0.3, 0.4) is 0 Å². The molecular formula is C15H9F2NS2. The van der Waals surface area contributed by atoms with Crippen LogP contribution in [0.5, 0.6) is 0 Å². The van der Waals surface area contributed by atoms with Crippen LogP contribution in [0.2, 0.25) is 0 Å². The van der Waals surface area contributed by atoms with Crippen molar-refractivity contribution in [2.75, 3.05) is 0 Å². The first kappa shape index (κ1) is 13.3. The number of hydrogen-bond donors (Lipinski definition) is 1.